The Bertz CT molecular complexity index is 604. The summed E-state index contributed by atoms with van der Waals surface area (Å²) >= 11 is 2.37. The van der Waals surface area contributed by atoms with Gasteiger partial charge in [0.25, 0.3) is 0 Å². The third-order valence-electron chi connectivity index (χ3n) is 6.40. The molecule has 0 spiro atoms. The number of carbonyl (C=O) groups excluding carboxylic acids is 1. The van der Waals surface area contributed by atoms with Crippen LogP contribution < -0.4 is 5.32 Å². The normalized spacial score (nSPS) is 12.5. The largest absolute Gasteiger partial charge is 0.469 e. The number of aliphatic hydroxyl groups excluding tert-OH is 1. The number of nitrogens with zero attached hydrogens (tertiary/aromatic N) is 2. The number of phosphoric acid groups is 1. The lowest BCUT2D eigenvalue weighted by Gasteiger charge is -2.26. The Hall–Kier alpha value is 0.0300. The lowest BCUT2D eigenvalue weighted by molar-refractivity contribution is -0.870. The van der Waals surface area contributed by atoms with Crippen molar-refractivity contribution < 1.29 is 33.3 Å². The Kier molecular flexibility index (Phi) is 28.4. The van der Waals surface area contributed by atoms with Crippen LogP contribution in [0.1, 0.15) is 117 Å². The van der Waals surface area contributed by atoms with E-state index < -0.39 is 7.82 Å². The average Bonchev–Trinajstić information content (AvgIpc) is 2.84. The Labute approximate surface area is 253 Å². The molecular weight excluding hydrogens is 632 g/mol. The first kappa shape index (κ1) is 41.2. The van der Waals surface area contributed by atoms with E-state index in [4.69, 9.17) is 14.9 Å². The zero-order valence-corrected chi connectivity index (χ0v) is 28.8. The Morgan fingerprint density at radius 2 is 1.31 bits per heavy atom. The molecule has 2 amide bonds. The van der Waals surface area contributed by atoms with Crippen molar-refractivity contribution in [1.82, 2.24) is 10.2 Å². The van der Waals surface area contributed by atoms with Gasteiger partial charge in [-0.05, 0) is 13.3 Å². The molecule has 0 fully saturated rings. The van der Waals surface area contributed by atoms with Gasteiger partial charge in [0.05, 0.1) is 31.8 Å². The number of alkyl halides is 1. The quantitative estimate of drug-likeness (QED) is 0.0220. The summed E-state index contributed by atoms with van der Waals surface area (Å²) in [5.74, 6) is 0. The van der Waals surface area contributed by atoms with Crippen LogP contribution in [0.3, 0.4) is 0 Å². The molecule has 0 aromatic rings. The Morgan fingerprint density at radius 1 is 0.872 bits per heavy atom. The number of quaternary nitrogens is 1. The number of phosphoric ester groups is 1. The van der Waals surface area contributed by atoms with Crippen LogP contribution in [0.25, 0.3) is 0 Å². The maximum atomic E-state index is 12.0. The molecule has 11 heteroatoms. The first-order valence-electron chi connectivity index (χ1n) is 15.2. The number of unbranched alkanes of at least 4 members (excludes halogenated alkanes) is 14. The third-order valence-corrected chi connectivity index (χ3v) is 8.21. The molecule has 0 bridgehead atoms. The second kappa shape index (κ2) is 26.9. The van der Waals surface area contributed by atoms with Gasteiger partial charge in [-0.15, -0.1) is 0 Å². The molecule has 0 aliphatic heterocycles. The monoisotopic (exact) mass is 694 g/mol. The van der Waals surface area contributed by atoms with Crippen molar-refractivity contribution in [1.29, 1.82) is 0 Å². The van der Waals surface area contributed by atoms with Crippen LogP contribution in [-0.2, 0) is 9.09 Å². The van der Waals surface area contributed by atoms with Crippen LogP contribution in [0.2, 0.25) is 0 Å². The van der Waals surface area contributed by atoms with Gasteiger partial charge >= 0.3 is 13.9 Å². The van der Waals surface area contributed by atoms with E-state index in [1.807, 2.05) is 33.0 Å². The van der Waals surface area contributed by atoms with E-state index in [1.165, 1.54) is 96.3 Å². The van der Waals surface area contributed by atoms with Crippen molar-refractivity contribution in [3.05, 3.63) is 0 Å². The standard InChI is InChI=1S/C23H47IN2O2.C5H14NO4P/c1-3-5-6-7-8-9-10-11-12-13-14-15-16-17-18-19-22(24)26(4-2)23(28)25-20-21-27;1-6(2,3)4-5-10-11(7,8)9/h22,27H,3-21H2,1-2H3,(H,25,28);4-5H2,1-3H3,(H-,7,8,9)/p+1. The summed E-state index contributed by atoms with van der Waals surface area (Å²) in [5, 5.41) is 11.6. The molecule has 0 rings (SSSR count). The number of urea groups is 1. The molecule has 0 saturated carbocycles. The molecule has 0 aromatic carbocycles. The zero-order valence-electron chi connectivity index (χ0n) is 25.7. The van der Waals surface area contributed by atoms with E-state index >= 15 is 0 Å². The summed E-state index contributed by atoms with van der Waals surface area (Å²) in [4.78, 5) is 30.5. The average molecular weight is 695 g/mol. The molecular formula is C28H62IN3O6P+. The number of rotatable bonds is 24. The minimum absolute atomic E-state index is 0.00570. The van der Waals surface area contributed by atoms with Gasteiger partial charge in [-0.25, -0.2) is 9.36 Å². The minimum Gasteiger partial charge on any atom is -0.395 e. The highest BCUT2D eigenvalue weighted by Crippen LogP contribution is 2.35. The van der Waals surface area contributed by atoms with Crippen molar-refractivity contribution in [3.63, 3.8) is 0 Å². The van der Waals surface area contributed by atoms with E-state index in [2.05, 4.69) is 39.4 Å². The third kappa shape index (κ3) is 32.4. The number of likely N-dealkylation sites (N-methyl/N-ethyl adjacent to an activating group) is 1. The molecule has 1 unspecified atom stereocenters. The van der Waals surface area contributed by atoms with E-state index in [1.54, 1.807) is 0 Å². The van der Waals surface area contributed by atoms with Crippen molar-refractivity contribution in [2.24, 2.45) is 0 Å². The number of hydrogen-bond donors (Lipinski definition) is 4. The summed E-state index contributed by atoms with van der Waals surface area (Å²) < 4.78 is 15.3. The van der Waals surface area contributed by atoms with Gasteiger partial charge in [0, 0.05) is 13.1 Å². The molecule has 0 saturated heterocycles. The second-order valence-corrected chi connectivity index (χ2v) is 13.9. The fraction of sp³-hybridized carbons (Fsp3) is 0.964. The molecule has 0 aliphatic rings. The lowest BCUT2D eigenvalue weighted by atomic mass is 10.0. The number of halogens is 1. The van der Waals surface area contributed by atoms with Crippen LogP contribution >= 0.6 is 30.4 Å². The topological polar surface area (TPSA) is 119 Å². The first-order valence-corrected chi connectivity index (χ1v) is 18.0. The summed E-state index contributed by atoms with van der Waals surface area (Å²) in [6.45, 7) is 5.98. The number of hydrogen-bond acceptors (Lipinski definition) is 4. The molecule has 0 aliphatic carbocycles. The maximum Gasteiger partial charge on any atom is 0.469 e. The molecule has 9 nitrogen and oxygen atoms in total. The van der Waals surface area contributed by atoms with Crippen molar-refractivity contribution >= 4 is 36.4 Å². The molecule has 39 heavy (non-hydrogen) atoms. The molecule has 236 valence electrons. The lowest BCUT2D eigenvalue weighted by Crippen LogP contribution is -2.44. The van der Waals surface area contributed by atoms with E-state index in [-0.39, 0.29) is 23.3 Å². The van der Waals surface area contributed by atoms with E-state index in [9.17, 15) is 9.36 Å². The van der Waals surface area contributed by atoms with Gasteiger partial charge in [0.2, 0.25) is 0 Å². The summed E-state index contributed by atoms with van der Waals surface area (Å²) in [7, 11) is 1.50. The predicted molar refractivity (Wildman–Crippen MR) is 171 cm³/mol. The van der Waals surface area contributed by atoms with E-state index in [0.29, 0.717) is 24.1 Å². The number of carbonyl (C=O) groups is 1. The van der Waals surface area contributed by atoms with Crippen LogP contribution in [-0.4, -0.2) is 88.3 Å². The molecule has 1 atom stereocenters. The van der Waals surface area contributed by atoms with Gasteiger partial charge < -0.3 is 29.6 Å². The van der Waals surface area contributed by atoms with Crippen LogP contribution in [0.15, 0.2) is 0 Å². The van der Waals surface area contributed by atoms with Crippen LogP contribution in [0, 0.1) is 0 Å². The minimum atomic E-state index is -4.26. The summed E-state index contributed by atoms with van der Waals surface area (Å²) in [6.07, 6.45) is 21.8. The van der Waals surface area contributed by atoms with Crippen LogP contribution in [0.5, 0.6) is 0 Å². The highest BCUT2D eigenvalue weighted by Gasteiger charge is 2.19. The van der Waals surface area contributed by atoms with Gasteiger partial charge in [0.15, 0.2) is 0 Å². The number of aliphatic hydroxyl groups is 1. The fourth-order valence-corrected chi connectivity index (χ4v) is 5.41. The molecule has 4 N–H and O–H groups in total. The summed E-state index contributed by atoms with van der Waals surface area (Å²) in [6, 6.07) is -0.0584. The molecule has 0 aromatic heterocycles. The van der Waals surface area contributed by atoms with E-state index in [0.717, 1.165) is 6.42 Å². The maximum absolute atomic E-state index is 12.0. The zero-order chi connectivity index (χ0) is 30.0. The number of amides is 2. The highest BCUT2D eigenvalue weighted by atomic mass is 127. The SMILES string of the molecule is CCCCCCCCCCCCCCCCCC(I)N(CC)C(=O)NCCO.C[N+](C)(C)CCOP(=O)(O)O. The molecule has 0 radical (unpaired) electrons. The van der Waals surface area contributed by atoms with Crippen molar-refractivity contribution in [2.75, 3.05) is 54.0 Å². The van der Waals surface area contributed by atoms with Crippen LogP contribution in [0.4, 0.5) is 4.79 Å². The predicted octanol–water partition coefficient (Wildman–Crippen LogP) is 6.83. The van der Waals surface area contributed by atoms with Gasteiger partial charge in [-0.2, -0.15) is 0 Å². The second-order valence-electron chi connectivity index (χ2n) is 11.3. The van der Waals surface area contributed by atoms with Gasteiger partial charge in [0.1, 0.15) is 13.2 Å². The Balaban J connectivity index is 0. The summed E-state index contributed by atoms with van der Waals surface area (Å²) in [5.41, 5.74) is 0. The van der Waals surface area contributed by atoms with Gasteiger partial charge in [-0.1, -0.05) is 126 Å². The number of nitrogens with one attached hydrogen (secondary N) is 1. The fourth-order valence-electron chi connectivity index (χ4n) is 4.01. The Morgan fingerprint density at radius 3 is 1.67 bits per heavy atom. The van der Waals surface area contributed by atoms with Crippen molar-refractivity contribution in [3.8, 4) is 0 Å². The first-order chi connectivity index (χ1) is 18.4. The highest BCUT2D eigenvalue weighted by molar-refractivity contribution is 14.1. The van der Waals surface area contributed by atoms with Gasteiger partial charge in [-0.3, -0.25) is 4.52 Å². The van der Waals surface area contributed by atoms with Crippen molar-refractivity contribution in [2.45, 2.75) is 121 Å². The molecule has 0 heterocycles. The smallest absolute Gasteiger partial charge is 0.395 e.